The number of anilines is 1. The Morgan fingerprint density at radius 2 is 2.04 bits per heavy atom. The lowest BCUT2D eigenvalue weighted by Gasteiger charge is -2.33. The monoisotopic (exact) mass is 380 g/mol. The molecular formula is C17H21ClN4O2S. The zero-order valence-electron chi connectivity index (χ0n) is 14.2. The SMILES string of the molecule is Cc1c(Cl)cccc1NC(=S)NN1C(=O)NC2(CCC(C)CC2)C1=O. The van der Waals surface area contributed by atoms with Crippen LogP contribution in [-0.2, 0) is 4.79 Å². The van der Waals surface area contributed by atoms with Crippen LogP contribution >= 0.6 is 23.8 Å². The first-order chi connectivity index (χ1) is 11.8. The highest BCUT2D eigenvalue weighted by Crippen LogP contribution is 2.35. The minimum Gasteiger partial charge on any atom is -0.331 e. The van der Waals surface area contributed by atoms with Crippen molar-refractivity contribution in [2.24, 2.45) is 5.92 Å². The van der Waals surface area contributed by atoms with Crippen LogP contribution in [0.3, 0.4) is 0 Å². The highest BCUT2D eigenvalue weighted by molar-refractivity contribution is 7.80. The van der Waals surface area contributed by atoms with Gasteiger partial charge in [-0.3, -0.25) is 10.2 Å². The molecule has 2 aliphatic rings. The van der Waals surface area contributed by atoms with Gasteiger partial charge in [-0.1, -0.05) is 24.6 Å². The molecule has 1 aromatic rings. The van der Waals surface area contributed by atoms with Crippen molar-refractivity contribution in [1.82, 2.24) is 15.8 Å². The number of thiocarbonyl (C=S) groups is 1. The summed E-state index contributed by atoms with van der Waals surface area (Å²) in [6, 6.07) is 4.94. The van der Waals surface area contributed by atoms with Crippen LogP contribution in [0, 0.1) is 12.8 Å². The highest BCUT2D eigenvalue weighted by Gasteiger charge is 2.52. The summed E-state index contributed by atoms with van der Waals surface area (Å²) in [7, 11) is 0. The second-order valence-corrected chi connectivity index (χ2v) is 7.63. The van der Waals surface area contributed by atoms with E-state index in [0.29, 0.717) is 23.8 Å². The largest absolute Gasteiger partial charge is 0.344 e. The van der Waals surface area contributed by atoms with Crippen LogP contribution in [0.25, 0.3) is 0 Å². The third-order valence-corrected chi connectivity index (χ3v) is 5.62. The minimum atomic E-state index is -0.793. The first-order valence-electron chi connectivity index (χ1n) is 8.32. The fourth-order valence-corrected chi connectivity index (χ4v) is 3.69. The molecular weight excluding hydrogens is 360 g/mol. The van der Waals surface area contributed by atoms with Gasteiger partial charge >= 0.3 is 6.03 Å². The van der Waals surface area contributed by atoms with E-state index in [1.54, 1.807) is 12.1 Å². The zero-order valence-corrected chi connectivity index (χ0v) is 15.8. The maximum absolute atomic E-state index is 12.8. The van der Waals surface area contributed by atoms with E-state index < -0.39 is 11.6 Å². The number of hydrogen-bond acceptors (Lipinski definition) is 3. The molecule has 3 amide bonds. The molecule has 1 aliphatic heterocycles. The first kappa shape index (κ1) is 17.9. The smallest absolute Gasteiger partial charge is 0.331 e. The number of imide groups is 1. The van der Waals surface area contributed by atoms with E-state index in [4.69, 9.17) is 23.8 Å². The topological polar surface area (TPSA) is 73.5 Å². The lowest BCUT2D eigenvalue weighted by atomic mass is 9.77. The molecule has 0 bridgehead atoms. The van der Waals surface area contributed by atoms with Gasteiger partial charge in [-0.15, -0.1) is 0 Å². The number of carbonyl (C=O) groups is 2. The molecule has 3 rings (SSSR count). The number of benzene rings is 1. The Balaban J connectivity index is 1.68. The van der Waals surface area contributed by atoms with Gasteiger partial charge in [-0.25, -0.2) is 4.79 Å². The molecule has 6 nitrogen and oxygen atoms in total. The second kappa shape index (κ2) is 6.80. The normalized spacial score (nSPS) is 25.9. The molecule has 1 aromatic carbocycles. The van der Waals surface area contributed by atoms with Gasteiger partial charge in [0, 0.05) is 10.7 Å². The Morgan fingerprint density at radius 3 is 2.72 bits per heavy atom. The number of amides is 3. The van der Waals surface area contributed by atoms with Gasteiger partial charge in [0.15, 0.2) is 5.11 Å². The average molecular weight is 381 g/mol. The summed E-state index contributed by atoms with van der Waals surface area (Å²) in [5.74, 6) is 0.308. The number of carbonyl (C=O) groups excluding carboxylic acids is 2. The van der Waals surface area contributed by atoms with E-state index in [0.717, 1.165) is 29.1 Å². The number of rotatable bonds is 2. The second-order valence-electron chi connectivity index (χ2n) is 6.81. The third kappa shape index (κ3) is 3.43. The quantitative estimate of drug-likeness (QED) is 0.542. The molecule has 2 fully saturated rings. The first-order valence-corrected chi connectivity index (χ1v) is 9.10. The van der Waals surface area contributed by atoms with Gasteiger partial charge in [0.05, 0.1) is 0 Å². The summed E-state index contributed by atoms with van der Waals surface area (Å²) < 4.78 is 0. The molecule has 1 saturated carbocycles. The predicted molar refractivity (Wildman–Crippen MR) is 101 cm³/mol. The van der Waals surface area contributed by atoms with Crippen molar-refractivity contribution in [2.45, 2.75) is 45.1 Å². The minimum absolute atomic E-state index is 0.162. The molecule has 3 N–H and O–H groups in total. The molecule has 1 aliphatic carbocycles. The van der Waals surface area contributed by atoms with Crippen LogP contribution in [0.1, 0.15) is 38.2 Å². The number of nitrogens with one attached hydrogen (secondary N) is 3. The number of hydrogen-bond donors (Lipinski definition) is 3. The standard InChI is InChI=1S/C17H21ClN4O2S/c1-10-6-8-17(9-7-10)14(23)22(16(24)20-17)21-15(25)19-13-5-3-4-12(18)11(13)2/h3-5,10H,6-9H2,1-2H3,(H,20,24)(H2,19,21,25). The zero-order chi connectivity index (χ0) is 18.2. The van der Waals surface area contributed by atoms with E-state index in [-0.39, 0.29) is 11.0 Å². The Kier molecular flexibility index (Phi) is 4.88. The lowest BCUT2D eigenvalue weighted by Crippen LogP contribution is -2.52. The molecule has 0 atom stereocenters. The molecule has 1 saturated heterocycles. The van der Waals surface area contributed by atoms with E-state index >= 15 is 0 Å². The molecule has 8 heteroatoms. The van der Waals surface area contributed by atoms with Gasteiger partial charge in [-0.2, -0.15) is 5.01 Å². The van der Waals surface area contributed by atoms with Crippen LogP contribution in [0.5, 0.6) is 0 Å². The van der Waals surface area contributed by atoms with Crippen molar-refractivity contribution >= 4 is 46.6 Å². The predicted octanol–water partition coefficient (Wildman–Crippen LogP) is 3.35. The van der Waals surface area contributed by atoms with Crippen LogP contribution < -0.4 is 16.1 Å². The van der Waals surface area contributed by atoms with Crippen molar-refractivity contribution < 1.29 is 9.59 Å². The fraction of sp³-hybridized carbons (Fsp3) is 0.471. The van der Waals surface area contributed by atoms with Crippen LogP contribution in [0.15, 0.2) is 18.2 Å². The summed E-state index contributed by atoms with van der Waals surface area (Å²) in [6.07, 6.45) is 3.16. The summed E-state index contributed by atoms with van der Waals surface area (Å²) in [6.45, 7) is 4.02. The van der Waals surface area contributed by atoms with Crippen molar-refractivity contribution in [2.75, 3.05) is 5.32 Å². The molecule has 0 radical (unpaired) electrons. The Bertz CT molecular complexity index is 731. The molecule has 1 spiro atoms. The van der Waals surface area contributed by atoms with Gasteiger partial charge in [0.25, 0.3) is 5.91 Å². The maximum atomic E-state index is 12.8. The van der Waals surface area contributed by atoms with E-state index in [2.05, 4.69) is 23.0 Å². The fourth-order valence-electron chi connectivity index (χ4n) is 3.31. The Morgan fingerprint density at radius 1 is 1.36 bits per heavy atom. The number of nitrogens with zero attached hydrogens (tertiary/aromatic N) is 1. The van der Waals surface area contributed by atoms with Crippen LogP contribution in [0.4, 0.5) is 10.5 Å². The van der Waals surface area contributed by atoms with Gasteiger partial charge in [-0.05, 0) is 68.4 Å². The summed E-state index contributed by atoms with van der Waals surface area (Å²) in [5, 5.41) is 7.57. The van der Waals surface area contributed by atoms with E-state index in [1.807, 2.05) is 13.0 Å². The third-order valence-electron chi connectivity index (χ3n) is 5.02. The van der Waals surface area contributed by atoms with E-state index in [1.165, 1.54) is 0 Å². The number of halogens is 1. The van der Waals surface area contributed by atoms with Crippen molar-refractivity contribution in [3.63, 3.8) is 0 Å². The summed E-state index contributed by atoms with van der Waals surface area (Å²) in [5.41, 5.74) is 3.47. The van der Waals surface area contributed by atoms with E-state index in [9.17, 15) is 9.59 Å². The maximum Gasteiger partial charge on any atom is 0.344 e. The molecule has 0 aromatic heterocycles. The van der Waals surface area contributed by atoms with Crippen molar-refractivity contribution in [1.29, 1.82) is 0 Å². The van der Waals surface area contributed by atoms with Gasteiger partial charge < -0.3 is 10.6 Å². The Hall–Kier alpha value is -1.86. The van der Waals surface area contributed by atoms with Crippen molar-refractivity contribution in [3.05, 3.63) is 28.8 Å². The van der Waals surface area contributed by atoms with Crippen LogP contribution in [0.2, 0.25) is 5.02 Å². The molecule has 1 heterocycles. The van der Waals surface area contributed by atoms with Crippen molar-refractivity contribution in [3.8, 4) is 0 Å². The molecule has 0 unspecified atom stereocenters. The highest BCUT2D eigenvalue weighted by atomic mass is 35.5. The number of urea groups is 1. The summed E-state index contributed by atoms with van der Waals surface area (Å²) in [4.78, 5) is 25.1. The molecule has 25 heavy (non-hydrogen) atoms. The van der Waals surface area contributed by atoms with Crippen LogP contribution in [-0.4, -0.2) is 27.6 Å². The lowest BCUT2D eigenvalue weighted by molar-refractivity contribution is -0.133. The summed E-state index contributed by atoms with van der Waals surface area (Å²) >= 11 is 11.3. The van der Waals surface area contributed by atoms with Gasteiger partial charge in [0.2, 0.25) is 0 Å². The number of hydrazine groups is 1. The van der Waals surface area contributed by atoms with Gasteiger partial charge in [0.1, 0.15) is 5.54 Å². The average Bonchev–Trinajstić information content (AvgIpc) is 2.79. The molecule has 134 valence electrons. The Labute approximate surface area is 157 Å².